The number of aliphatic carboxylic acids is 2. The molecule has 12 heteroatoms. The lowest BCUT2D eigenvalue weighted by molar-refractivity contribution is -0.159. The number of amides is 4. The van der Waals surface area contributed by atoms with Gasteiger partial charge in [-0.2, -0.15) is 5.01 Å². The number of carboxylic acid groups (broad SMARTS) is 2. The number of hydrazine groups is 1. The molecular formula is C13H21N3O9. The molecule has 0 aliphatic carbocycles. The van der Waals surface area contributed by atoms with Crippen LogP contribution < -0.4 is 0 Å². The SMILES string of the molecule is CN(C)C(=O)N(CC(O)O)N1C(=O)CCC1=O.O=C(O)CCC(=O)O. The zero-order chi connectivity index (χ0) is 19.7. The monoisotopic (exact) mass is 363 g/mol. The van der Waals surface area contributed by atoms with E-state index in [4.69, 9.17) is 20.4 Å². The Labute approximate surface area is 142 Å². The molecule has 1 fully saturated rings. The van der Waals surface area contributed by atoms with Crippen molar-refractivity contribution in [2.45, 2.75) is 32.0 Å². The van der Waals surface area contributed by atoms with Crippen LogP contribution in [0.2, 0.25) is 0 Å². The Morgan fingerprint density at radius 1 is 1.00 bits per heavy atom. The topological polar surface area (TPSA) is 176 Å². The maximum Gasteiger partial charge on any atom is 0.338 e. The fourth-order valence-corrected chi connectivity index (χ4v) is 1.68. The summed E-state index contributed by atoms with van der Waals surface area (Å²) in [5.41, 5.74) is 0. The highest BCUT2D eigenvalue weighted by molar-refractivity contribution is 6.03. The number of nitrogens with zero attached hydrogens (tertiary/aromatic N) is 3. The van der Waals surface area contributed by atoms with Crippen molar-refractivity contribution in [1.82, 2.24) is 14.9 Å². The molecule has 1 rings (SSSR count). The molecule has 142 valence electrons. The van der Waals surface area contributed by atoms with Crippen LogP contribution in [0.15, 0.2) is 0 Å². The number of carbonyl (C=O) groups is 5. The van der Waals surface area contributed by atoms with Gasteiger partial charge < -0.3 is 25.3 Å². The first-order valence-electron chi connectivity index (χ1n) is 7.11. The van der Waals surface area contributed by atoms with Crippen LogP contribution in [-0.2, 0) is 19.2 Å². The number of urea groups is 1. The molecule has 4 N–H and O–H groups in total. The number of carbonyl (C=O) groups excluding carboxylic acids is 3. The minimum Gasteiger partial charge on any atom is -0.481 e. The Kier molecular flexibility index (Phi) is 9.09. The van der Waals surface area contributed by atoms with E-state index in [9.17, 15) is 24.0 Å². The average molecular weight is 363 g/mol. The average Bonchev–Trinajstić information content (AvgIpc) is 2.81. The van der Waals surface area contributed by atoms with E-state index in [1.54, 1.807) is 0 Å². The second-order valence-electron chi connectivity index (χ2n) is 5.13. The minimum absolute atomic E-state index is 0.0254. The molecule has 0 unspecified atom stereocenters. The van der Waals surface area contributed by atoms with Gasteiger partial charge in [0.1, 0.15) is 0 Å². The maximum atomic E-state index is 11.7. The van der Waals surface area contributed by atoms with Crippen LogP contribution in [-0.4, -0.2) is 92.1 Å². The van der Waals surface area contributed by atoms with E-state index in [2.05, 4.69) is 0 Å². The van der Waals surface area contributed by atoms with E-state index < -0.39 is 42.6 Å². The predicted octanol–water partition coefficient (Wildman–Crippen LogP) is -1.72. The van der Waals surface area contributed by atoms with Crippen LogP contribution in [0.3, 0.4) is 0 Å². The molecule has 0 spiro atoms. The van der Waals surface area contributed by atoms with Gasteiger partial charge >= 0.3 is 18.0 Å². The van der Waals surface area contributed by atoms with E-state index in [1.807, 2.05) is 0 Å². The van der Waals surface area contributed by atoms with Crippen molar-refractivity contribution in [2.75, 3.05) is 20.6 Å². The van der Waals surface area contributed by atoms with E-state index in [0.29, 0.717) is 5.01 Å². The van der Waals surface area contributed by atoms with Crippen LogP contribution >= 0.6 is 0 Å². The van der Waals surface area contributed by atoms with Crippen LogP contribution in [0.25, 0.3) is 0 Å². The molecule has 0 aromatic heterocycles. The normalized spacial score (nSPS) is 13.4. The summed E-state index contributed by atoms with van der Waals surface area (Å²) in [5.74, 6) is -3.20. The fourth-order valence-electron chi connectivity index (χ4n) is 1.68. The van der Waals surface area contributed by atoms with Crippen LogP contribution in [0.1, 0.15) is 25.7 Å². The second-order valence-corrected chi connectivity index (χ2v) is 5.13. The molecule has 0 aromatic rings. The highest BCUT2D eigenvalue weighted by Crippen LogP contribution is 2.16. The van der Waals surface area contributed by atoms with Crippen molar-refractivity contribution in [3.63, 3.8) is 0 Å². The summed E-state index contributed by atoms with van der Waals surface area (Å²) in [6, 6.07) is -0.665. The Morgan fingerprint density at radius 3 is 1.68 bits per heavy atom. The number of carboxylic acids is 2. The number of aliphatic hydroxyl groups excluding tert-OH is 1. The van der Waals surface area contributed by atoms with Crippen LogP contribution in [0, 0.1) is 0 Å². The Bertz CT molecular complexity index is 503. The van der Waals surface area contributed by atoms with Crippen molar-refractivity contribution in [3.8, 4) is 0 Å². The molecular weight excluding hydrogens is 342 g/mol. The lowest BCUT2D eigenvalue weighted by atomic mass is 10.3. The summed E-state index contributed by atoms with van der Waals surface area (Å²) in [5, 5.41) is 35.0. The predicted molar refractivity (Wildman–Crippen MR) is 79.6 cm³/mol. The Balaban J connectivity index is 0.000000609. The highest BCUT2D eigenvalue weighted by atomic mass is 16.5. The molecule has 25 heavy (non-hydrogen) atoms. The zero-order valence-corrected chi connectivity index (χ0v) is 13.8. The Hall–Kier alpha value is -2.73. The summed E-state index contributed by atoms with van der Waals surface area (Å²) < 4.78 is 0. The zero-order valence-electron chi connectivity index (χ0n) is 13.8. The molecule has 1 aliphatic heterocycles. The van der Waals surface area contributed by atoms with Gasteiger partial charge in [0, 0.05) is 26.9 Å². The number of aliphatic hydroxyl groups is 2. The summed E-state index contributed by atoms with van der Waals surface area (Å²) in [4.78, 5) is 55.1. The fraction of sp³-hybridized carbons (Fsp3) is 0.615. The molecule has 0 bridgehead atoms. The van der Waals surface area contributed by atoms with Gasteiger partial charge in [0.2, 0.25) is 11.8 Å². The molecule has 1 aliphatic rings. The smallest absolute Gasteiger partial charge is 0.338 e. The summed E-state index contributed by atoms with van der Waals surface area (Å²) in [6.07, 6.45) is -2.36. The minimum atomic E-state index is -1.82. The third-order valence-electron chi connectivity index (χ3n) is 2.76. The standard InChI is InChI=1S/C9H15N3O5.C4H6O4/c1-10(2)9(17)11(5-8(15)16)12-6(13)3-4-7(12)14;5-3(6)1-2-4(7)8/h8,15-16H,3-5H2,1-2H3;1-2H2,(H,5,6)(H,7,8). The highest BCUT2D eigenvalue weighted by Gasteiger charge is 2.37. The first-order valence-corrected chi connectivity index (χ1v) is 7.11. The van der Waals surface area contributed by atoms with Crippen LogP contribution in [0.5, 0.6) is 0 Å². The summed E-state index contributed by atoms with van der Waals surface area (Å²) in [6.45, 7) is -0.533. The molecule has 0 saturated carbocycles. The van der Waals surface area contributed by atoms with Gasteiger partial charge in [-0.1, -0.05) is 0 Å². The molecule has 12 nitrogen and oxygen atoms in total. The van der Waals surface area contributed by atoms with Crippen molar-refractivity contribution in [2.24, 2.45) is 0 Å². The van der Waals surface area contributed by atoms with Crippen molar-refractivity contribution in [3.05, 3.63) is 0 Å². The van der Waals surface area contributed by atoms with Crippen molar-refractivity contribution < 1.29 is 44.4 Å². The van der Waals surface area contributed by atoms with Crippen molar-refractivity contribution >= 4 is 29.8 Å². The molecule has 1 heterocycles. The van der Waals surface area contributed by atoms with Gasteiger partial charge in [0.05, 0.1) is 19.4 Å². The summed E-state index contributed by atoms with van der Waals surface area (Å²) >= 11 is 0. The third-order valence-corrected chi connectivity index (χ3v) is 2.76. The summed E-state index contributed by atoms with van der Waals surface area (Å²) in [7, 11) is 2.87. The van der Waals surface area contributed by atoms with Gasteiger partial charge in [0.15, 0.2) is 6.29 Å². The van der Waals surface area contributed by atoms with Gasteiger partial charge in [-0.15, -0.1) is 0 Å². The lowest BCUT2D eigenvalue weighted by Gasteiger charge is -2.32. The van der Waals surface area contributed by atoms with E-state index in [1.165, 1.54) is 14.1 Å². The quantitative estimate of drug-likeness (QED) is 0.316. The molecule has 1 saturated heterocycles. The largest absolute Gasteiger partial charge is 0.481 e. The van der Waals surface area contributed by atoms with Gasteiger partial charge in [-0.05, 0) is 0 Å². The number of hydrogen-bond donors (Lipinski definition) is 4. The second kappa shape index (κ2) is 10.2. The molecule has 0 atom stereocenters. The molecule has 0 radical (unpaired) electrons. The number of rotatable bonds is 6. The third kappa shape index (κ3) is 8.08. The van der Waals surface area contributed by atoms with Crippen LogP contribution in [0.4, 0.5) is 4.79 Å². The van der Waals surface area contributed by atoms with E-state index >= 15 is 0 Å². The first-order chi connectivity index (χ1) is 11.5. The van der Waals surface area contributed by atoms with Gasteiger partial charge in [-0.25, -0.2) is 9.80 Å². The first kappa shape index (κ1) is 22.3. The van der Waals surface area contributed by atoms with E-state index in [-0.39, 0.29) is 25.7 Å². The maximum absolute atomic E-state index is 11.7. The molecule has 4 amide bonds. The van der Waals surface area contributed by atoms with Gasteiger partial charge in [-0.3, -0.25) is 19.2 Å². The lowest BCUT2D eigenvalue weighted by Crippen LogP contribution is -2.55. The van der Waals surface area contributed by atoms with E-state index in [0.717, 1.165) is 9.91 Å². The van der Waals surface area contributed by atoms with Crippen molar-refractivity contribution in [1.29, 1.82) is 0 Å². The molecule has 0 aromatic carbocycles. The number of hydrogen-bond acceptors (Lipinski definition) is 7. The Morgan fingerprint density at radius 2 is 1.40 bits per heavy atom. The number of imide groups is 1. The van der Waals surface area contributed by atoms with Gasteiger partial charge in [0.25, 0.3) is 0 Å².